The quantitative estimate of drug-likeness (QED) is 0.923. The molecule has 2 aromatic rings. The topological polar surface area (TPSA) is 50.2 Å². The molecule has 0 saturated carbocycles. The Hall–Kier alpha value is -2.28. The number of piperidine rings is 1. The second-order valence-corrected chi connectivity index (χ2v) is 6.60. The molecule has 0 aliphatic carbocycles. The van der Waals surface area contributed by atoms with Gasteiger partial charge in [-0.2, -0.15) is 5.10 Å². The van der Waals surface area contributed by atoms with Crippen molar-refractivity contribution < 1.29 is 13.6 Å². The van der Waals surface area contributed by atoms with Crippen molar-refractivity contribution in [3.05, 3.63) is 52.9 Å². The SMILES string of the molecule is Cc1cc(C(=O)NC2CCN(Cc3cc(F)cc(F)c3)CC2)n(C)n1. The molecule has 1 aromatic heterocycles. The molecule has 1 saturated heterocycles. The number of hydrogen-bond donors (Lipinski definition) is 1. The number of aryl methyl sites for hydroxylation is 2. The highest BCUT2D eigenvalue weighted by molar-refractivity contribution is 5.92. The molecule has 5 nitrogen and oxygen atoms in total. The van der Waals surface area contributed by atoms with Crippen LogP contribution in [0.4, 0.5) is 8.78 Å². The summed E-state index contributed by atoms with van der Waals surface area (Å²) in [5.41, 5.74) is 1.99. The molecule has 3 rings (SSSR count). The van der Waals surface area contributed by atoms with Crippen LogP contribution < -0.4 is 5.32 Å². The van der Waals surface area contributed by atoms with E-state index in [0.29, 0.717) is 17.8 Å². The van der Waals surface area contributed by atoms with Gasteiger partial charge in [0.1, 0.15) is 17.3 Å². The first-order valence-corrected chi connectivity index (χ1v) is 8.39. The normalized spacial score (nSPS) is 16.2. The minimum absolute atomic E-state index is 0.100. The van der Waals surface area contributed by atoms with E-state index in [-0.39, 0.29) is 11.9 Å². The van der Waals surface area contributed by atoms with E-state index in [4.69, 9.17) is 0 Å². The predicted molar refractivity (Wildman–Crippen MR) is 90.1 cm³/mol. The number of carbonyl (C=O) groups excluding carboxylic acids is 1. The second kappa shape index (κ2) is 7.31. The first-order chi connectivity index (χ1) is 11.9. The van der Waals surface area contributed by atoms with Crippen LogP contribution in [0.1, 0.15) is 34.6 Å². The largest absolute Gasteiger partial charge is 0.348 e. The van der Waals surface area contributed by atoms with Gasteiger partial charge in [0.2, 0.25) is 0 Å². The number of aromatic nitrogens is 2. The Morgan fingerprint density at radius 3 is 2.40 bits per heavy atom. The lowest BCUT2D eigenvalue weighted by atomic mass is 10.0. The summed E-state index contributed by atoms with van der Waals surface area (Å²) < 4.78 is 28.1. The summed E-state index contributed by atoms with van der Waals surface area (Å²) in [4.78, 5) is 14.5. The van der Waals surface area contributed by atoms with Crippen LogP contribution >= 0.6 is 0 Å². The lowest BCUT2D eigenvalue weighted by Crippen LogP contribution is -2.44. The fourth-order valence-corrected chi connectivity index (χ4v) is 3.28. The van der Waals surface area contributed by atoms with Crippen LogP contribution in [0.15, 0.2) is 24.3 Å². The monoisotopic (exact) mass is 348 g/mol. The summed E-state index contributed by atoms with van der Waals surface area (Å²) in [5, 5.41) is 7.23. The molecule has 1 aliphatic rings. The molecular formula is C18H22F2N4O. The highest BCUT2D eigenvalue weighted by atomic mass is 19.1. The van der Waals surface area contributed by atoms with Crippen LogP contribution in [0.3, 0.4) is 0 Å². The van der Waals surface area contributed by atoms with Gasteiger partial charge in [-0.3, -0.25) is 14.4 Å². The van der Waals surface area contributed by atoms with Gasteiger partial charge in [-0.15, -0.1) is 0 Å². The molecule has 25 heavy (non-hydrogen) atoms. The Balaban J connectivity index is 1.51. The zero-order valence-electron chi connectivity index (χ0n) is 14.4. The number of carbonyl (C=O) groups is 1. The number of hydrogen-bond acceptors (Lipinski definition) is 3. The van der Waals surface area contributed by atoms with Crippen molar-refractivity contribution in [1.82, 2.24) is 20.0 Å². The molecule has 7 heteroatoms. The number of halogens is 2. The lowest BCUT2D eigenvalue weighted by Gasteiger charge is -2.32. The van der Waals surface area contributed by atoms with E-state index in [0.717, 1.165) is 37.7 Å². The van der Waals surface area contributed by atoms with Gasteiger partial charge in [0.15, 0.2) is 0 Å². The van der Waals surface area contributed by atoms with Crippen LogP contribution in [0, 0.1) is 18.6 Å². The first kappa shape index (κ1) is 17.5. The van der Waals surface area contributed by atoms with Gasteiger partial charge in [0, 0.05) is 38.8 Å². The fourth-order valence-electron chi connectivity index (χ4n) is 3.28. The van der Waals surface area contributed by atoms with E-state index < -0.39 is 11.6 Å². The molecule has 2 heterocycles. The summed E-state index contributed by atoms with van der Waals surface area (Å²) in [6.07, 6.45) is 1.61. The maximum atomic E-state index is 13.3. The molecule has 134 valence electrons. The van der Waals surface area contributed by atoms with Crippen LogP contribution in [0.2, 0.25) is 0 Å². The van der Waals surface area contributed by atoms with Gasteiger partial charge < -0.3 is 5.32 Å². The van der Waals surface area contributed by atoms with Crippen LogP contribution in [0.5, 0.6) is 0 Å². The Morgan fingerprint density at radius 2 is 1.84 bits per heavy atom. The molecule has 0 radical (unpaired) electrons. The van der Waals surface area contributed by atoms with Crippen molar-refractivity contribution in [2.24, 2.45) is 7.05 Å². The van der Waals surface area contributed by atoms with Gasteiger partial charge in [-0.1, -0.05) is 0 Å². The van der Waals surface area contributed by atoms with Crippen molar-refractivity contribution in [2.45, 2.75) is 32.4 Å². The van der Waals surface area contributed by atoms with E-state index in [2.05, 4.69) is 15.3 Å². The van der Waals surface area contributed by atoms with Crippen molar-refractivity contribution in [3.63, 3.8) is 0 Å². The molecule has 0 atom stereocenters. The van der Waals surface area contributed by atoms with Crippen molar-refractivity contribution >= 4 is 5.91 Å². The second-order valence-electron chi connectivity index (χ2n) is 6.60. The van der Waals surface area contributed by atoms with Crippen LogP contribution in [0.25, 0.3) is 0 Å². The van der Waals surface area contributed by atoms with Gasteiger partial charge in [0.25, 0.3) is 5.91 Å². The summed E-state index contributed by atoms with van der Waals surface area (Å²) in [7, 11) is 1.75. The third-order valence-corrected chi connectivity index (χ3v) is 4.49. The first-order valence-electron chi connectivity index (χ1n) is 8.39. The molecule has 1 N–H and O–H groups in total. The minimum Gasteiger partial charge on any atom is -0.348 e. The molecule has 0 unspecified atom stereocenters. The Bertz CT molecular complexity index is 746. The standard InChI is InChI=1S/C18H22F2N4O/c1-12-7-17(23(2)22-12)18(25)21-16-3-5-24(6-4-16)11-13-8-14(19)10-15(20)9-13/h7-10,16H,3-6,11H2,1-2H3,(H,21,25). The average Bonchev–Trinajstić information content (AvgIpc) is 2.87. The number of nitrogens with zero attached hydrogens (tertiary/aromatic N) is 3. The summed E-state index contributed by atoms with van der Waals surface area (Å²) in [5.74, 6) is -1.22. The molecule has 0 bridgehead atoms. The summed E-state index contributed by atoms with van der Waals surface area (Å²) in [6.45, 7) is 3.90. The van der Waals surface area contributed by atoms with Crippen molar-refractivity contribution in [2.75, 3.05) is 13.1 Å². The van der Waals surface area contributed by atoms with Crippen LogP contribution in [-0.4, -0.2) is 39.7 Å². The molecular weight excluding hydrogens is 326 g/mol. The summed E-state index contributed by atoms with van der Waals surface area (Å²) in [6, 6.07) is 5.47. The maximum Gasteiger partial charge on any atom is 0.269 e. The van der Waals surface area contributed by atoms with E-state index in [1.54, 1.807) is 17.8 Å². The highest BCUT2D eigenvalue weighted by Gasteiger charge is 2.22. The Labute approximate surface area is 145 Å². The highest BCUT2D eigenvalue weighted by Crippen LogP contribution is 2.16. The molecule has 0 spiro atoms. The van der Waals surface area contributed by atoms with Crippen LogP contribution in [-0.2, 0) is 13.6 Å². The van der Waals surface area contributed by atoms with Crippen molar-refractivity contribution in [3.8, 4) is 0 Å². The zero-order chi connectivity index (χ0) is 18.0. The molecule has 1 aromatic carbocycles. The van der Waals surface area contributed by atoms with E-state index >= 15 is 0 Å². The predicted octanol–water partition coefficient (Wildman–Crippen LogP) is 2.40. The summed E-state index contributed by atoms with van der Waals surface area (Å²) >= 11 is 0. The zero-order valence-corrected chi connectivity index (χ0v) is 14.4. The van der Waals surface area contributed by atoms with Gasteiger partial charge in [-0.25, -0.2) is 8.78 Å². The van der Waals surface area contributed by atoms with E-state index in [9.17, 15) is 13.6 Å². The van der Waals surface area contributed by atoms with E-state index in [1.807, 2.05) is 6.92 Å². The van der Waals surface area contributed by atoms with E-state index in [1.165, 1.54) is 12.1 Å². The Morgan fingerprint density at radius 1 is 1.20 bits per heavy atom. The Kier molecular flexibility index (Phi) is 5.13. The molecule has 1 fully saturated rings. The van der Waals surface area contributed by atoms with Gasteiger partial charge in [0.05, 0.1) is 5.69 Å². The average molecular weight is 348 g/mol. The lowest BCUT2D eigenvalue weighted by molar-refractivity contribution is 0.0899. The molecule has 1 amide bonds. The smallest absolute Gasteiger partial charge is 0.269 e. The minimum atomic E-state index is -0.552. The number of amides is 1. The number of rotatable bonds is 4. The number of benzene rings is 1. The van der Waals surface area contributed by atoms with Gasteiger partial charge >= 0.3 is 0 Å². The molecule has 1 aliphatic heterocycles. The van der Waals surface area contributed by atoms with Crippen molar-refractivity contribution in [1.29, 1.82) is 0 Å². The number of nitrogens with one attached hydrogen (secondary N) is 1. The third kappa shape index (κ3) is 4.42. The third-order valence-electron chi connectivity index (χ3n) is 4.49. The maximum absolute atomic E-state index is 13.3. The van der Waals surface area contributed by atoms with Gasteiger partial charge in [-0.05, 0) is 43.5 Å². The fraction of sp³-hybridized carbons (Fsp3) is 0.444. The number of likely N-dealkylation sites (tertiary alicyclic amines) is 1.